The van der Waals surface area contributed by atoms with Crippen LogP contribution in [-0.2, 0) is 11.3 Å². The van der Waals surface area contributed by atoms with Crippen LogP contribution >= 0.6 is 0 Å². The van der Waals surface area contributed by atoms with E-state index < -0.39 is 0 Å². The van der Waals surface area contributed by atoms with Crippen LogP contribution in [0.4, 0.5) is 4.79 Å². The first-order chi connectivity index (χ1) is 11.7. The summed E-state index contributed by atoms with van der Waals surface area (Å²) in [7, 11) is 0. The quantitative estimate of drug-likeness (QED) is 0.872. The number of carbonyl (C=O) groups excluding carboxylic acids is 2. The van der Waals surface area contributed by atoms with E-state index in [1.807, 2.05) is 35.2 Å². The lowest BCUT2D eigenvalue weighted by molar-refractivity contribution is -0.121. The minimum atomic E-state index is -0.0355. The lowest BCUT2D eigenvalue weighted by Crippen LogP contribution is -2.41. The van der Waals surface area contributed by atoms with Crippen LogP contribution in [0.5, 0.6) is 0 Å². The molecule has 0 unspecified atom stereocenters. The van der Waals surface area contributed by atoms with Crippen LogP contribution < -0.4 is 5.32 Å². The third-order valence-corrected chi connectivity index (χ3v) is 5.04. The molecule has 2 aliphatic rings. The number of hydrogen-bond acceptors (Lipinski definition) is 2. The van der Waals surface area contributed by atoms with Crippen LogP contribution in [-0.4, -0.2) is 47.9 Å². The summed E-state index contributed by atoms with van der Waals surface area (Å²) >= 11 is 0. The van der Waals surface area contributed by atoms with Crippen LogP contribution in [0.25, 0.3) is 0 Å². The van der Waals surface area contributed by atoms with Crippen molar-refractivity contribution in [2.75, 3.05) is 26.2 Å². The maximum Gasteiger partial charge on any atom is 0.320 e. The molecule has 1 saturated heterocycles. The first kappa shape index (κ1) is 16.8. The Morgan fingerprint density at radius 3 is 2.50 bits per heavy atom. The zero-order chi connectivity index (χ0) is 16.8. The molecule has 1 heterocycles. The lowest BCUT2D eigenvalue weighted by atomic mass is 9.89. The minimum absolute atomic E-state index is 0.0320. The fourth-order valence-electron chi connectivity index (χ4n) is 3.61. The summed E-state index contributed by atoms with van der Waals surface area (Å²) in [5.41, 5.74) is 1.12. The van der Waals surface area contributed by atoms with Gasteiger partial charge < -0.3 is 15.1 Å². The number of rotatable bonds is 6. The second-order valence-electron chi connectivity index (χ2n) is 6.92. The van der Waals surface area contributed by atoms with Crippen LogP contribution in [0.15, 0.2) is 30.3 Å². The molecule has 1 N–H and O–H groups in total. The molecule has 0 bridgehead atoms. The van der Waals surface area contributed by atoms with Crippen molar-refractivity contribution >= 4 is 11.9 Å². The maximum atomic E-state index is 12.4. The number of carbonyl (C=O) groups is 2. The highest BCUT2D eigenvalue weighted by Gasteiger charge is 2.29. The van der Waals surface area contributed by atoms with E-state index in [-0.39, 0.29) is 18.5 Å². The summed E-state index contributed by atoms with van der Waals surface area (Å²) in [5, 5.41) is 3.01. The average Bonchev–Trinajstić information content (AvgIpc) is 2.95. The SMILES string of the molecule is O=C(CN1CCN(Cc2ccccc2)C1=O)NCC1CCCCC1. The highest BCUT2D eigenvalue weighted by molar-refractivity contribution is 5.85. The Balaban J connectivity index is 1.42. The van der Waals surface area contributed by atoms with Crippen LogP contribution in [0.3, 0.4) is 0 Å². The Hall–Kier alpha value is -2.04. The van der Waals surface area contributed by atoms with E-state index in [2.05, 4.69) is 5.32 Å². The molecule has 0 aromatic heterocycles. The van der Waals surface area contributed by atoms with Gasteiger partial charge in [-0.25, -0.2) is 4.79 Å². The first-order valence-electron chi connectivity index (χ1n) is 9.07. The van der Waals surface area contributed by atoms with E-state index in [0.717, 1.165) is 12.1 Å². The Morgan fingerprint density at radius 1 is 1.04 bits per heavy atom. The van der Waals surface area contributed by atoms with Gasteiger partial charge >= 0.3 is 6.03 Å². The van der Waals surface area contributed by atoms with Gasteiger partial charge in [0.1, 0.15) is 6.54 Å². The predicted molar refractivity (Wildman–Crippen MR) is 93.4 cm³/mol. The number of amides is 3. The second kappa shape index (κ2) is 8.18. The second-order valence-corrected chi connectivity index (χ2v) is 6.92. The van der Waals surface area contributed by atoms with Gasteiger partial charge in [0.05, 0.1) is 0 Å². The van der Waals surface area contributed by atoms with Crippen molar-refractivity contribution in [3.05, 3.63) is 35.9 Å². The van der Waals surface area contributed by atoms with E-state index >= 15 is 0 Å². The molecule has 0 spiro atoms. The van der Waals surface area contributed by atoms with E-state index in [9.17, 15) is 9.59 Å². The summed E-state index contributed by atoms with van der Waals surface area (Å²) in [6.07, 6.45) is 6.31. The summed E-state index contributed by atoms with van der Waals surface area (Å²) in [4.78, 5) is 28.0. The molecule has 0 radical (unpaired) electrons. The molecule has 1 aliphatic heterocycles. The molecule has 2 fully saturated rings. The van der Waals surface area contributed by atoms with E-state index in [4.69, 9.17) is 0 Å². The van der Waals surface area contributed by atoms with Crippen LogP contribution in [0, 0.1) is 5.92 Å². The van der Waals surface area contributed by atoms with E-state index in [0.29, 0.717) is 25.6 Å². The Morgan fingerprint density at radius 2 is 1.75 bits per heavy atom. The molecule has 3 rings (SSSR count). The molecule has 1 aliphatic carbocycles. The third kappa shape index (κ3) is 4.49. The van der Waals surface area contributed by atoms with Crippen LogP contribution in [0.2, 0.25) is 0 Å². The van der Waals surface area contributed by atoms with Gasteiger partial charge in [-0.2, -0.15) is 0 Å². The summed E-state index contributed by atoms with van der Waals surface area (Å²) < 4.78 is 0. The molecule has 130 valence electrons. The fraction of sp³-hybridized carbons (Fsp3) is 0.579. The predicted octanol–water partition coefficient (Wildman–Crippen LogP) is 2.62. The maximum absolute atomic E-state index is 12.4. The van der Waals surface area contributed by atoms with Gasteiger partial charge in [0.15, 0.2) is 0 Å². The molecular weight excluding hydrogens is 302 g/mol. The summed E-state index contributed by atoms with van der Waals surface area (Å²) in [6, 6.07) is 9.93. The zero-order valence-electron chi connectivity index (χ0n) is 14.2. The lowest BCUT2D eigenvalue weighted by Gasteiger charge is -2.23. The van der Waals surface area contributed by atoms with Crippen molar-refractivity contribution in [2.24, 2.45) is 5.92 Å². The average molecular weight is 329 g/mol. The number of benzene rings is 1. The van der Waals surface area contributed by atoms with Crippen molar-refractivity contribution < 1.29 is 9.59 Å². The van der Waals surface area contributed by atoms with E-state index in [1.54, 1.807) is 4.90 Å². The van der Waals surface area contributed by atoms with Gasteiger partial charge in [0.25, 0.3) is 0 Å². The molecule has 1 aromatic carbocycles. The molecule has 5 heteroatoms. The van der Waals surface area contributed by atoms with Gasteiger partial charge in [-0.3, -0.25) is 4.79 Å². The topological polar surface area (TPSA) is 52.7 Å². The molecule has 0 atom stereocenters. The summed E-state index contributed by atoms with van der Waals surface area (Å²) in [6.45, 7) is 2.86. The number of nitrogens with zero attached hydrogens (tertiary/aromatic N) is 2. The standard InChI is InChI=1S/C19H27N3O2/c23-18(20-13-16-7-3-1-4-8-16)15-22-12-11-21(19(22)24)14-17-9-5-2-6-10-17/h2,5-6,9-10,16H,1,3-4,7-8,11-15H2,(H,20,23). The smallest absolute Gasteiger partial charge is 0.320 e. The summed E-state index contributed by atoms with van der Waals surface area (Å²) in [5.74, 6) is 0.585. The fourth-order valence-corrected chi connectivity index (χ4v) is 3.61. The monoisotopic (exact) mass is 329 g/mol. The Labute approximate surface area is 144 Å². The third-order valence-electron chi connectivity index (χ3n) is 5.04. The number of urea groups is 1. The molecule has 1 saturated carbocycles. The molecule has 24 heavy (non-hydrogen) atoms. The van der Waals surface area contributed by atoms with Crippen molar-refractivity contribution in [3.63, 3.8) is 0 Å². The molecule has 3 amide bonds. The largest absolute Gasteiger partial charge is 0.354 e. The molecular formula is C19H27N3O2. The molecule has 1 aromatic rings. The van der Waals surface area contributed by atoms with Crippen molar-refractivity contribution in [3.8, 4) is 0 Å². The first-order valence-corrected chi connectivity index (χ1v) is 9.07. The number of nitrogens with one attached hydrogen (secondary N) is 1. The zero-order valence-corrected chi connectivity index (χ0v) is 14.2. The van der Waals surface area contributed by atoms with Gasteiger partial charge in [0.2, 0.25) is 5.91 Å². The van der Waals surface area contributed by atoms with Crippen LogP contribution in [0.1, 0.15) is 37.7 Å². The van der Waals surface area contributed by atoms with Crippen molar-refractivity contribution in [1.82, 2.24) is 15.1 Å². The van der Waals surface area contributed by atoms with Crippen molar-refractivity contribution in [2.45, 2.75) is 38.6 Å². The molecule has 5 nitrogen and oxygen atoms in total. The van der Waals surface area contributed by atoms with Gasteiger partial charge in [-0.1, -0.05) is 49.6 Å². The number of hydrogen-bond donors (Lipinski definition) is 1. The Bertz CT molecular complexity index is 555. The van der Waals surface area contributed by atoms with Gasteiger partial charge in [-0.15, -0.1) is 0 Å². The highest BCUT2D eigenvalue weighted by atomic mass is 16.2. The van der Waals surface area contributed by atoms with Crippen molar-refractivity contribution in [1.29, 1.82) is 0 Å². The Kier molecular flexibility index (Phi) is 5.72. The van der Waals surface area contributed by atoms with E-state index in [1.165, 1.54) is 32.1 Å². The van der Waals surface area contributed by atoms with Gasteiger partial charge in [0, 0.05) is 26.2 Å². The highest BCUT2D eigenvalue weighted by Crippen LogP contribution is 2.22. The van der Waals surface area contributed by atoms with Gasteiger partial charge in [-0.05, 0) is 24.3 Å². The normalized spacial score (nSPS) is 18.9. The minimum Gasteiger partial charge on any atom is -0.354 e.